The zero-order valence-corrected chi connectivity index (χ0v) is 16.5. The topological polar surface area (TPSA) is 74.4 Å². The SMILES string of the molecule is COc1cccc2c3c([nH]c12)C(C)(C)[C@H]1C[C@]24CCCN2C(=O)[C@@]1(C3)NC4=O. The number of nitrogens with zero attached hydrogens (tertiary/aromatic N) is 1. The fourth-order valence-electron chi connectivity index (χ4n) is 6.79. The van der Waals surface area contributed by atoms with Crippen molar-refractivity contribution in [3.63, 3.8) is 0 Å². The van der Waals surface area contributed by atoms with Gasteiger partial charge in [0.15, 0.2) is 0 Å². The Hall–Kier alpha value is -2.50. The van der Waals surface area contributed by atoms with Crippen LogP contribution in [0.15, 0.2) is 18.2 Å². The number of ether oxygens (including phenoxy) is 1. The third kappa shape index (κ3) is 1.55. The maximum absolute atomic E-state index is 13.7. The van der Waals surface area contributed by atoms with Gasteiger partial charge in [-0.25, -0.2) is 0 Å². The number of carbonyl (C=O) groups excluding carboxylic acids is 2. The van der Waals surface area contributed by atoms with Gasteiger partial charge in [-0.05, 0) is 30.9 Å². The number of benzene rings is 1. The molecular formula is C22H25N3O3. The van der Waals surface area contributed by atoms with E-state index < -0.39 is 11.1 Å². The van der Waals surface area contributed by atoms with Crippen molar-refractivity contribution in [2.45, 2.75) is 56.0 Å². The fraction of sp³-hybridized carbons (Fsp3) is 0.545. The van der Waals surface area contributed by atoms with E-state index in [0.29, 0.717) is 13.0 Å². The van der Waals surface area contributed by atoms with Crippen molar-refractivity contribution in [3.8, 4) is 5.75 Å². The smallest absolute Gasteiger partial charge is 0.249 e. The van der Waals surface area contributed by atoms with Crippen LogP contribution in [0.4, 0.5) is 0 Å². The molecule has 0 saturated carbocycles. The molecule has 28 heavy (non-hydrogen) atoms. The van der Waals surface area contributed by atoms with Gasteiger partial charge in [0, 0.05) is 35.4 Å². The van der Waals surface area contributed by atoms with E-state index in [1.54, 1.807) is 7.11 Å². The van der Waals surface area contributed by atoms with Gasteiger partial charge in [0.2, 0.25) is 11.8 Å². The number of methoxy groups -OCH3 is 1. The summed E-state index contributed by atoms with van der Waals surface area (Å²) in [7, 11) is 1.68. The molecule has 3 atom stereocenters. The molecule has 2 aromatic rings. The second-order valence-electron chi connectivity index (χ2n) is 9.53. The van der Waals surface area contributed by atoms with Crippen molar-refractivity contribution in [1.29, 1.82) is 0 Å². The zero-order chi connectivity index (χ0) is 19.5. The van der Waals surface area contributed by atoms with Gasteiger partial charge < -0.3 is 19.9 Å². The Labute approximate surface area is 163 Å². The lowest BCUT2D eigenvalue weighted by atomic mass is 9.51. The summed E-state index contributed by atoms with van der Waals surface area (Å²) in [6.45, 7) is 5.14. The van der Waals surface area contributed by atoms with Crippen molar-refractivity contribution in [3.05, 3.63) is 29.5 Å². The predicted octanol–water partition coefficient (Wildman–Crippen LogP) is 2.26. The molecule has 5 heterocycles. The number of aromatic amines is 1. The average molecular weight is 379 g/mol. The van der Waals surface area contributed by atoms with Gasteiger partial charge in [0.1, 0.15) is 16.8 Å². The molecule has 7 rings (SSSR count). The molecule has 2 amide bonds. The van der Waals surface area contributed by atoms with Crippen LogP contribution in [0, 0.1) is 5.92 Å². The first-order chi connectivity index (χ1) is 13.3. The maximum atomic E-state index is 13.7. The van der Waals surface area contributed by atoms with Crippen LogP contribution in [0.3, 0.4) is 0 Å². The predicted molar refractivity (Wildman–Crippen MR) is 104 cm³/mol. The first kappa shape index (κ1) is 16.5. The van der Waals surface area contributed by atoms with Crippen LogP contribution in [0.2, 0.25) is 0 Å². The summed E-state index contributed by atoms with van der Waals surface area (Å²) in [6, 6.07) is 6.02. The van der Waals surface area contributed by atoms with Gasteiger partial charge in [0.05, 0.1) is 12.6 Å². The second kappa shape index (κ2) is 4.73. The molecule has 6 nitrogen and oxygen atoms in total. The summed E-state index contributed by atoms with van der Waals surface area (Å²) < 4.78 is 5.57. The molecule has 1 aliphatic carbocycles. The lowest BCUT2D eigenvalue weighted by Gasteiger charge is -2.64. The Kier molecular flexibility index (Phi) is 2.78. The van der Waals surface area contributed by atoms with Crippen LogP contribution in [0.25, 0.3) is 10.9 Å². The Bertz CT molecular complexity index is 1070. The monoisotopic (exact) mass is 379 g/mol. The quantitative estimate of drug-likeness (QED) is 0.798. The number of fused-ring (bicyclic) bond motifs is 4. The molecule has 6 heteroatoms. The lowest BCUT2D eigenvalue weighted by molar-refractivity contribution is -0.179. The highest BCUT2D eigenvalue weighted by Gasteiger charge is 2.72. The largest absolute Gasteiger partial charge is 0.495 e. The summed E-state index contributed by atoms with van der Waals surface area (Å²) >= 11 is 0. The maximum Gasteiger partial charge on any atom is 0.249 e. The molecule has 4 fully saturated rings. The van der Waals surface area contributed by atoms with Crippen LogP contribution >= 0.6 is 0 Å². The molecule has 1 aromatic heterocycles. The molecule has 0 radical (unpaired) electrons. The number of hydrogen-bond donors (Lipinski definition) is 2. The number of H-pyrrole nitrogens is 1. The van der Waals surface area contributed by atoms with Gasteiger partial charge in [-0.1, -0.05) is 26.0 Å². The standard InChI is InChI=1S/C22H25N3O3/c1-20(2)15-11-21-8-5-9-25(21)19(27)22(15,24-18(21)26)10-13-12-6-4-7-14(28-3)16(12)23-17(13)20/h4,6-7,15,23H,5,8-11H2,1-3H3,(H,24,26)/t15-,21+,22+/m1/s1. The van der Waals surface area contributed by atoms with Gasteiger partial charge in [0.25, 0.3) is 0 Å². The number of rotatable bonds is 1. The van der Waals surface area contributed by atoms with Gasteiger partial charge >= 0.3 is 0 Å². The van der Waals surface area contributed by atoms with E-state index in [2.05, 4.69) is 30.2 Å². The third-order valence-electron chi connectivity index (χ3n) is 8.11. The van der Waals surface area contributed by atoms with E-state index in [-0.39, 0.29) is 23.1 Å². The molecule has 2 N–H and O–H groups in total. The minimum Gasteiger partial charge on any atom is -0.495 e. The highest BCUT2D eigenvalue weighted by molar-refractivity contribution is 6.06. The average Bonchev–Trinajstić information content (AvgIpc) is 3.26. The second-order valence-corrected chi connectivity index (χ2v) is 9.53. The third-order valence-corrected chi connectivity index (χ3v) is 8.11. The van der Waals surface area contributed by atoms with E-state index in [4.69, 9.17) is 4.74 Å². The van der Waals surface area contributed by atoms with Crippen LogP contribution in [0.5, 0.6) is 5.75 Å². The molecule has 2 spiro atoms. The van der Waals surface area contributed by atoms with Crippen molar-refractivity contribution >= 4 is 22.7 Å². The number of piperazine rings is 1. The summed E-state index contributed by atoms with van der Waals surface area (Å²) in [5.74, 6) is 1.06. The molecular weight excluding hydrogens is 354 g/mol. The highest BCUT2D eigenvalue weighted by Crippen LogP contribution is 2.59. The Morgan fingerprint density at radius 3 is 2.86 bits per heavy atom. The first-order valence-corrected chi connectivity index (χ1v) is 10.2. The van der Waals surface area contributed by atoms with Crippen molar-refractivity contribution in [1.82, 2.24) is 15.2 Å². The van der Waals surface area contributed by atoms with E-state index in [1.165, 1.54) is 5.69 Å². The number of aromatic nitrogens is 1. The van der Waals surface area contributed by atoms with Gasteiger partial charge in [-0.2, -0.15) is 0 Å². The Balaban J connectivity index is 1.63. The summed E-state index contributed by atoms with van der Waals surface area (Å²) in [4.78, 5) is 32.4. The van der Waals surface area contributed by atoms with E-state index >= 15 is 0 Å². The summed E-state index contributed by atoms with van der Waals surface area (Å²) in [5.41, 5.74) is 1.56. The Morgan fingerprint density at radius 1 is 1.25 bits per heavy atom. The van der Waals surface area contributed by atoms with Crippen molar-refractivity contribution in [2.24, 2.45) is 5.92 Å². The van der Waals surface area contributed by atoms with Crippen LogP contribution < -0.4 is 10.1 Å². The number of carbonyl (C=O) groups is 2. The number of hydrogen-bond acceptors (Lipinski definition) is 3. The van der Waals surface area contributed by atoms with Crippen LogP contribution in [-0.2, 0) is 21.4 Å². The molecule has 2 bridgehead atoms. The minimum atomic E-state index is -0.835. The normalized spacial score (nSPS) is 34.8. The summed E-state index contributed by atoms with van der Waals surface area (Å²) in [6.07, 6.45) is 2.98. The number of piperidine rings is 2. The van der Waals surface area contributed by atoms with E-state index in [0.717, 1.165) is 41.5 Å². The molecule has 0 unspecified atom stereocenters. The van der Waals surface area contributed by atoms with Crippen LogP contribution in [-0.4, -0.2) is 46.4 Å². The summed E-state index contributed by atoms with van der Waals surface area (Å²) in [5, 5.41) is 4.33. The lowest BCUT2D eigenvalue weighted by Crippen LogP contribution is -2.84. The van der Waals surface area contributed by atoms with Gasteiger partial charge in [-0.15, -0.1) is 0 Å². The molecule has 1 aromatic carbocycles. The molecule has 4 saturated heterocycles. The number of amides is 2. The van der Waals surface area contributed by atoms with E-state index in [1.807, 2.05) is 17.0 Å². The van der Waals surface area contributed by atoms with Gasteiger partial charge in [-0.3, -0.25) is 9.59 Å². The van der Waals surface area contributed by atoms with E-state index in [9.17, 15) is 9.59 Å². The number of nitrogens with one attached hydrogen (secondary N) is 2. The number of para-hydroxylation sites is 1. The molecule has 5 aliphatic rings. The Morgan fingerprint density at radius 2 is 2.07 bits per heavy atom. The molecule has 4 aliphatic heterocycles. The molecule has 146 valence electrons. The first-order valence-electron chi connectivity index (χ1n) is 10.2. The van der Waals surface area contributed by atoms with Crippen molar-refractivity contribution in [2.75, 3.05) is 13.7 Å². The van der Waals surface area contributed by atoms with Crippen molar-refractivity contribution < 1.29 is 14.3 Å². The fourth-order valence-corrected chi connectivity index (χ4v) is 6.79. The minimum absolute atomic E-state index is 0.0533. The van der Waals surface area contributed by atoms with Crippen LogP contribution in [0.1, 0.15) is 44.4 Å². The highest BCUT2D eigenvalue weighted by atomic mass is 16.5. The zero-order valence-electron chi connectivity index (χ0n) is 16.5.